The van der Waals surface area contributed by atoms with E-state index in [1.165, 1.54) is 11.6 Å². The van der Waals surface area contributed by atoms with Crippen LogP contribution in [-0.2, 0) is 9.59 Å². The van der Waals surface area contributed by atoms with Crippen molar-refractivity contribution >= 4 is 22.9 Å². The number of aromatic nitrogens is 3. The van der Waals surface area contributed by atoms with Gasteiger partial charge in [0.15, 0.2) is 0 Å². The van der Waals surface area contributed by atoms with Gasteiger partial charge in [0.25, 0.3) is 0 Å². The summed E-state index contributed by atoms with van der Waals surface area (Å²) >= 11 is 0. The highest BCUT2D eigenvalue weighted by Crippen LogP contribution is 2.13. The lowest BCUT2D eigenvalue weighted by atomic mass is 10.3. The molecule has 7 nitrogen and oxygen atoms in total. The summed E-state index contributed by atoms with van der Waals surface area (Å²) in [7, 11) is 0. The number of fused-ring (bicyclic) bond motifs is 1. The summed E-state index contributed by atoms with van der Waals surface area (Å²) in [6.45, 7) is 1.25. The van der Waals surface area contributed by atoms with Gasteiger partial charge >= 0.3 is 5.97 Å². The van der Waals surface area contributed by atoms with E-state index in [-0.39, 0.29) is 0 Å². The Morgan fingerprint density at radius 3 is 2.76 bits per heavy atom. The van der Waals surface area contributed by atoms with E-state index in [1.54, 1.807) is 24.3 Å². The molecule has 2 N–H and O–H groups in total. The maximum atomic E-state index is 11.1. The van der Waals surface area contributed by atoms with E-state index in [9.17, 15) is 9.59 Å². The minimum absolute atomic E-state index is 0.447. The van der Waals surface area contributed by atoms with Gasteiger partial charge in [0, 0.05) is 6.92 Å². The number of aliphatic carboxylic acids is 1. The number of hydrogen-bond acceptors (Lipinski definition) is 4. The van der Waals surface area contributed by atoms with Crippen molar-refractivity contribution in [2.24, 2.45) is 0 Å². The zero-order valence-corrected chi connectivity index (χ0v) is 8.99. The minimum atomic E-state index is -1.25. The number of amides is 1. The van der Waals surface area contributed by atoms with Crippen LogP contribution in [0.1, 0.15) is 13.1 Å². The van der Waals surface area contributed by atoms with Gasteiger partial charge in [-0.2, -0.15) is 0 Å². The normalized spacial score (nSPS) is 12.3. The number of hydrogen-bond donors (Lipinski definition) is 2. The van der Waals surface area contributed by atoms with Crippen molar-refractivity contribution < 1.29 is 14.7 Å². The topological polar surface area (TPSA) is 97.1 Å². The highest BCUT2D eigenvalue weighted by Gasteiger charge is 2.23. The van der Waals surface area contributed by atoms with Gasteiger partial charge in [-0.15, -0.1) is 5.10 Å². The molecule has 1 heterocycles. The summed E-state index contributed by atoms with van der Waals surface area (Å²) in [5.74, 6) is -1.65. The van der Waals surface area contributed by atoms with Crippen LogP contribution < -0.4 is 5.32 Å². The van der Waals surface area contributed by atoms with E-state index in [2.05, 4.69) is 15.6 Å². The average molecular weight is 234 g/mol. The summed E-state index contributed by atoms with van der Waals surface area (Å²) in [4.78, 5) is 22.0. The molecule has 1 aromatic carbocycles. The third kappa shape index (κ3) is 2.07. The Labute approximate surface area is 96.0 Å². The van der Waals surface area contributed by atoms with Crippen molar-refractivity contribution in [3.05, 3.63) is 24.3 Å². The van der Waals surface area contributed by atoms with Gasteiger partial charge in [-0.3, -0.25) is 4.79 Å². The van der Waals surface area contributed by atoms with Crippen molar-refractivity contribution in [1.29, 1.82) is 0 Å². The maximum Gasteiger partial charge on any atom is 0.349 e. The van der Waals surface area contributed by atoms with E-state index >= 15 is 0 Å². The lowest BCUT2D eigenvalue weighted by Gasteiger charge is -2.13. The molecule has 88 valence electrons. The fourth-order valence-corrected chi connectivity index (χ4v) is 1.50. The molecule has 0 fully saturated rings. The van der Waals surface area contributed by atoms with Crippen LogP contribution in [0.15, 0.2) is 24.3 Å². The molecule has 7 heteroatoms. The molecular formula is C10H10N4O3. The largest absolute Gasteiger partial charge is 0.478 e. The van der Waals surface area contributed by atoms with E-state index in [0.717, 1.165) is 0 Å². The first-order valence-electron chi connectivity index (χ1n) is 4.89. The van der Waals surface area contributed by atoms with Crippen LogP contribution in [0, 0.1) is 0 Å². The molecule has 2 rings (SSSR count). The molecule has 1 amide bonds. The van der Waals surface area contributed by atoms with Crippen molar-refractivity contribution in [1.82, 2.24) is 20.3 Å². The zero-order valence-electron chi connectivity index (χ0n) is 8.99. The van der Waals surface area contributed by atoms with Crippen LogP contribution in [0.2, 0.25) is 0 Å². The monoisotopic (exact) mass is 234 g/mol. The quantitative estimate of drug-likeness (QED) is 0.787. The van der Waals surface area contributed by atoms with Crippen molar-refractivity contribution in [2.75, 3.05) is 0 Å². The summed E-state index contributed by atoms with van der Waals surface area (Å²) in [5.41, 5.74) is 1.12. The van der Waals surface area contributed by atoms with Crippen LogP contribution >= 0.6 is 0 Å². The number of nitrogens with one attached hydrogen (secondary N) is 1. The smallest absolute Gasteiger partial charge is 0.349 e. The zero-order chi connectivity index (χ0) is 12.4. The Kier molecular flexibility index (Phi) is 2.73. The molecule has 0 saturated heterocycles. The predicted molar refractivity (Wildman–Crippen MR) is 58.0 cm³/mol. The van der Waals surface area contributed by atoms with Gasteiger partial charge < -0.3 is 10.4 Å². The number of carboxylic acids is 1. The number of carbonyl (C=O) groups excluding carboxylic acids is 1. The second-order valence-corrected chi connectivity index (χ2v) is 3.46. The third-order valence-corrected chi connectivity index (χ3v) is 2.20. The standard InChI is InChI=1S/C10H10N4O3/c1-6(15)11-9(10(16)17)14-8-5-3-2-4-7(8)12-13-14/h2-5,9H,1H3,(H,11,15)(H,16,17)/t9-/m1/s1. The molecule has 0 aliphatic heterocycles. The molecular weight excluding hydrogens is 224 g/mol. The Hall–Kier alpha value is -2.44. The molecule has 0 spiro atoms. The van der Waals surface area contributed by atoms with Crippen molar-refractivity contribution in [3.8, 4) is 0 Å². The van der Waals surface area contributed by atoms with E-state index in [0.29, 0.717) is 11.0 Å². The molecule has 0 bridgehead atoms. The van der Waals surface area contributed by atoms with Gasteiger partial charge in [0.1, 0.15) is 5.52 Å². The molecule has 2 aromatic rings. The summed E-state index contributed by atoms with van der Waals surface area (Å²) < 4.78 is 1.17. The highest BCUT2D eigenvalue weighted by molar-refractivity contribution is 5.83. The van der Waals surface area contributed by atoms with Crippen molar-refractivity contribution in [2.45, 2.75) is 13.1 Å². The number of carboxylic acid groups (broad SMARTS) is 1. The van der Waals surface area contributed by atoms with Gasteiger partial charge in [-0.25, -0.2) is 9.48 Å². The van der Waals surface area contributed by atoms with Gasteiger partial charge in [-0.05, 0) is 12.1 Å². The molecule has 0 unspecified atom stereocenters. The SMILES string of the molecule is CC(=O)N[C@@H](C(=O)O)n1nnc2ccccc21. The average Bonchev–Trinajstić information content (AvgIpc) is 2.69. The molecule has 0 aliphatic carbocycles. The summed E-state index contributed by atoms with van der Waals surface area (Å²) in [6.07, 6.45) is -1.25. The van der Waals surface area contributed by atoms with Gasteiger partial charge in [-0.1, -0.05) is 17.3 Å². The molecule has 0 radical (unpaired) electrons. The van der Waals surface area contributed by atoms with E-state index < -0.39 is 18.0 Å². The third-order valence-electron chi connectivity index (χ3n) is 2.20. The summed E-state index contributed by atoms with van der Waals surface area (Å²) in [6, 6.07) is 6.92. The maximum absolute atomic E-state index is 11.1. The van der Waals surface area contributed by atoms with Gasteiger partial charge in [0.05, 0.1) is 5.52 Å². The fraction of sp³-hybridized carbons (Fsp3) is 0.200. The Morgan fingerprint density at radius 2 is 2.12 bits per heavy atom. The minimum Gasteiger partial charge on any atom is -0.478 e. The molecule has 0 aliphatic rings. The second-order valence-electron chi connectivity index (χ2n) is 3.46. The number of benzene rings is 1. The molecule has 17 heavy (non-hydrogen) atoms. The number of carbonyl (C=O) groups is 2. The van der Waals surface area contributed by atoms with Gasteiger partial charge in [0.2, 0.25) is 12.1 Å². The predicted octanol–water partition coefficient (Wildman–Crippen LogP) is 0.151. The molecule has 0 saturated carbocycles. The Morgan fingerprint density at radius 1 is 1.41 bits per heavy atom. The highest BCUT2D eigenvalue weighted by atomic mass is 16.4. The second kappa shape index (κ2) is 4.20. The fourth-order valence-electron chi connectivity index (χ4n) is 1.50. The van der Waals surface area contributed by atoms with Crippen molar-refractivity contribution in [3.63, 3.8) is 0 Å². The first kappa shape index (κ1) is 11.1. The number of nitrogens with zero attached hydrogens (tertiary/aromatic N) is 3. The lowest BCUT2D eigenvalue weighted by Crippen LogP contribution is -2.37. The first-order chi connectivity index (χ1) is 8.09. The summed E-state index contributed by atoms with van der Waals surface area (Å²) in [5, 5.41) is 18.9. The van der Waals surface area contributed by atoms with Crippen LogP contribution in [0.25, 0.3) is 11.0 Å². The van der Waals surface area contributed by atoms with Crippen LogP contribution in [-0.4, -0.2) is 32.0 Å². The first-order valence-corrected chi connectivity index (χ1v) is 4.89. The molecule has 1 aromatic heterocycles. The van der Waals surface area contributed by atoms with Crippen LogP contribution in [0.4, 0.5) is 0 Å². The number of para-hydroxylation sites is 1. The van der Waals surface area contributed by atoms with Crippen LogP contribution in [0.3, 0.4) is 0 Å². The number of rotatable bonds is 3. The lowest BCUT2D eigenvalue weighted by molar-refractivity contribution is -0.144. The molecule has 1 atom stereocenters. The Balaban J connectivity index is 2.48. The van der Waals surface area contributed by atoms with E-state index in [1.807, 2.05) is 0 Å². The van der Waals surface area contributed by atoms with E-state index in [4.69, 9.17) is 5.11 Å². The van der Waals surface area contributed by atoms with Crippen LogP contribution in [0.5, 0.6) is 0 Å². The Bertz CT molecular complexity index is 578.